The minimum atomic E-state index is 0.594. The molecule has 70 valence electrons. The van der Waals surface area contributed by atoms with Crippen LogP contribution in [0.25, 0.3) is 0 Å². The highest BCUT2D eigenvalue weighted by Gasteiger charge is 2.27. The molecule has 1 unspecified atom stereocenters. The van der Waals surface area contributed by atoms with Crippen LogP contribution in [0.1, 0.15) is 30.7 Å². The molecule has 1 saturated carbocycles. The first-order valence-corrected chi connectivity index (χ1v) is 5.56. The second-order valence-corrected chi connectivity index (χ2v) is 4.17. The second kappa shape index (κ2) is 4.15. The second-order valence-electron chi connectivity index (χ2n) is 3.86. The maximum absolute atomic E-state index is 6.01. The van der Waals surface area contributed by atoms with Crippen molar-refractivity contribution >= 4 is 11.6 Å². The topological polar surface area (TPSA) is 0 Å². The van der Waals surface area contributed by atoms with Crippen LogP contribution in [0, 0.1) is 5.92 Å². The van der Waals surface area contributed by atoms with Gasteiger partial charge >= 0.3 is 0 Å². The van der Waals surface area contributed by atoms with E-state index in [4.69, 9.17) is 11.6 Å². The van der Waals surface area contributed by atoms with E-state index >= 15 is 0 Å². The zero-order valence-electron chi connectivity index (χ0n) is 7.75. The number of benzene rings is 1. The normalized spacial score (nSPS) is 19.5. The maximum Gasteiger partial charge on any atom is 0.0294 e. The van der Waals surface area contributed by atoms with Gasteiger partial charge in [-0.1, -0.05) is 36.8 Å². The summed E-state index contributed by atoms with van der Waals surface area (Å²) >= 11 is 6.01. The van der Waals surface area contributed by atoms with Gasteiger partial charge in [-0.2, -0.15) is 0 Å². The first-order chi connectivity index (χ1) is 6.42. The summed E-state index contributed by atoms with van der Waals surface area (Å²) in [7, 11) is 0. The molecule has 0 nitrogen and oxygen atoms in total. The van der Waals surface area contributed by atoms with Crippen molar-refractivity contribution in [2.24, 2.45) is 5.92 Å². The van der Waals surface area contributed by atoms with Gasteiger partial charge in [0.15, 0.2) is 0 Å². The van der Waals surface area contributed by atoms with Crippen LogP contribution in [-0.4, -0.2) is 5.88 Å². The number of rotatable bonds is 3. The summed E-state index contributed by atoms with van der Waals surface area (Å²) in [5.41, 5.74) is 1.42. The van der Waals surface area contributed by atoms with Gasteiger partial charge in [-0.25, -0.2) is 0 Å². The van der Waals surface area contributed by atoms with Gasteiger partial charge in [0, 0.05) is 11.8 Å². The Morgan fingerprint density at radius 2 is 1.92 bits per heavy atom. The van der Waals surface area contributed by atoms with Crippen molar-refractivity contribution in [2.45, 2.75) is 25.2 Å². The highest BCUT2D eigenvalue weighted by atomic mass is 35.5. The lowest BCUT2D eigenvalue weighted by molar-refractivity contribution is 0.274. The molecule has 2 rings (SSSR count). The van der Waals surface area contributed by atoms with E-state index in [-0.39, 0.29) is 0 Å². The molecule has 0 radical (unpaired) electrons. The van der Waals surface area contributed by atoms with Crippen molar-refractivity contribution in [1.29, 1.82) is 0 Å². The highest BCUT2D eigenvalue weighted by molar-refractivity contribution is 6.18. The third kappa shape index (κ3) is 1.88. The minimum absolute atomic E-state index is 0.594. The number of alkyl halides is 1. The summed E-state index contributed by atoms with van der Waals surface area (Å²) < 4.78 is 0. The van der Waals surface area contributed by atoms with E-state index in [1.807, 2.05) is 0 Å². The molecular weight excluding hydrogens is 180 g/mol. The molecule has 1 aliphatic rings. The fourth-order valence-corrected chi connectivity index (χ4v) is 2.46. The van der Waals surface area contributed by atoms with E-state index in [2.05, 4.69) is 30.3 Å². The van der Waals surface area contributed by atoms with Gasteiger partial charge in [-0.05, 0) is 24.3 Å². The molecule has 1 aromatic rings. The van der Waals surface area contributed by atoms with Gasteiger partial charge in [0.25, 0.3) is 0 Å². The third-order valence-electron chi connectivity index (χ3n) is 3.11. The molecule has 1 heteroatoms. The first-order valence-electron chi connectivity index (χ1n) is 5.02. The van der Waals surface area contributed by atoms with Crippen molar-refractivity contribution in [1.82, 2.24) is 0 Å². The van der Waals surface area contributed by atoms with Crippen LogP contribution in [0.2, 0.25) is 0 Å². The quantitative estimate of drug-likeness (QED) is 0.642. The maximum atomic E-state index is 6.01. The molecule has 0 N–H and O–H groups in total. The molecule has 0 aromatic heterocycles. The largest absolute Gasteiger partial charge is 0.126 e. The molecule has 1 atom stereocenters. The summed E-state index contributed by atoms with van der Waals surface area (Å²) in [5.74, 6) is 2.21. The smallest absolute Gasteiger partial charge is 0.0294 e. The average Bonchev–Trinajstić information content (AvgIpc) is 2.12. The zero-order chi connectivity index (χ0) is 9.10. The minimum Gasteiger partial charge on any atom is -0.126 e. The fraction of sp³-hybridized carbons (Fsp3) is 0.500. The molecule has 0 heterocycles. The van der Waals surface area contributed by atoms with Crippen LogP contribution in [0.4, 0.5) is 0 Å². The van der Waals surface area contributed by atoms with Gasteiger partial charge < -0.3 is 0 Å². The Hall–Kier alpha value is -0.490. The Labute approximate surface area is 84.9 Å². The monoisotopic (exact) mass is 194 g/mol. The van der Waals surface area contributed by atoms with E-state index in [1.165, 1.54) is 24.8 Å². The standard InChI is InChI=1S/C12H15Cl/c13-9-12(11-7-4-8-11)10-5-2-1-3-6-10/h1-3,5-6,11-12H,4,7-9H2. The Kier molecular flexibility index (Phi) is 2.90. The van der Waals surface area contributed by atoms with Gasteiger partial charge in [0.2, 0.25) is 0 Å². The summed E-state index contributed by atoms with van der Waals surface area (Å²) in [6.45, 7) is 0. The summed E-state index contributed by atoms with van der Waals surface area (Å²) in [6, 6.07) is 10.7. The summed E-state index contributed by atoms with van der Waals surface area (Å²) in [5, 5.41) is 0. The van der Waals surface area contributed by atoms with E-state index in [0.29, 0.717) is 5.92 Å². The zero-order valence-corrected chi connectivity index (χ0v) is 8.50. The molecule has 0 amide bonds. The summed E-state index contributed by atoms with van der Waals surface area (Å²) in [6.07, 6.45) is 4.13. The van der Waals surface area contributed by atoms with Gasteiger partial charge in [0.05, 0.1) is 0 Å². The SMILES string of the molecule is ClCC(c1ccccc1)C1CCC1. The number of hydrogen-bond acceptors (Lipinski definition) is 0. The van der Waals surface area contributed by atoms with Crippen molar-refractivity contribution in [3.05, 3.63) is 35.9 Å². The summed E-state index contributed by atoms with van der Waals surface area (Å²) in [4.78, 5) is 0. The van der Waals surface area contributed by atoms with Crippen molar-refractivity contribution < 1.29 is 0 Å². The highest BCUT2D eigenvalue weighted by Crippen LogP contribution is 2.39. The van der Waals surface area contributed by atoms with Gasteiger partial charge in [0.1, 0.15) is 0 Å². The lowest BCUT2D eigenvalue weighted by Gasteiger charge is -2.32. The molecule has 0 aliphatic heterocycles. The number of halogens is 1. The first kappa shape index (κ1) is 9.08. The Morgan fingerprint density at radius 1 is 1.23 bits per heavy atom. The van der Waals surface area contributed by atoms with E-state index in [9.17, 15) is 0 Å². The van der Waals surface area contributed by atoms with Gasteiger partial charge in [-0.15, -0.1) is 11.6 Å². The molecule has 13 heavy (non-hydrogen) atoms. The molecule has 1 aliphatic carbocycles. The van der Waals surface area contributed by atoms with Crippen molar-refractivity contribution in [3.8, 4) is 0 Å². The van der Waals surface area contributed by atoms with E-state index in [1.54, 1.807) is 0 Å². The van der Waals surface area contributed by atoms with Crippen molar-refractivity contribution in [3.63, 3.8) is 0 Å². The van der Waals surface area contributed by atoms with E-state index < -0.39 is 0 Å². The Balaban J connectivity index is 2.12. The fourth-order valence-electron chi connectivity index (χ4n) is 2.03. The van der Waals surface area contributed by atoms with Crippen LogP contribution < -0.4 is 0 Å². The van der Waals surface area contributed by atoms with Crippen LogP contribution in [-0.2, 0) is 0 Å². The number of hydrogen-bond donors (Lipinski definition) is 0. The molecule has 1 aromatic carbocycles. The predicted octanol–water partition coefficient (Wildman–Crippen LogP) is 3.81. The van der Waals surface area contributed by atoms with Gasteiger partial charge in [-0.3, -0.25) is 0 Å². The van der Waals surface area contributed by atoms with Crippen molar-refractivity contribution in [2.75, 3.05) is 5.88 Å². The van der Waals surface area contributed by atoms with Crippen LogP contribution >= 0.6 is 11.6 Å². The lowest BCUT2D eigenvalue weighted by atomic mass is 9.74. The molecule has 0 bridgehead atoms. The Morgan fingerprint density at radius 3 is 2.38 bits per heavy atom. The molecule has 0 spiro atoms. The molecule has 0 saturated heterocycles. The predicted molar refractivity (Wildman–Crippen MR) is 57.2 cm³/mol. The third-order valence-corrected chi connectivity index (χ3v) is 3.45. The molecular formula is C12H15Cl. The van der Waals surface area contributed by atoms with E-state index in [0.717, 1.165) is 11.8 Å². The van der Waals surface area contributed by atoms with Crippen LogP contribution in [0.3, 0.4) is 0 Å². The van der Waals surface area contributed by atoms with Crippen LogP contribution in [0.5, 0.6) is 0 Å². The Bertz CT molecular complexity index is 251. The van der Waals surface area contributed by atoms with Crippen LogP contribution in [0.15, 0.2) is 30.3 Å². The molecule has 1 fully saturated rings. The average molecular weight is 195 g/mol. The lowest BCUT2D eigenvalue weighted by Crippen LogP contribution is -2.21.